The summed E-state index contributed by atoms with van der Waals surface area (Å²) in [5.41, 5.74) is 1.45. The fourth-order valence-electron chi connectivity index (χ4n) is 1.59. The van der Waals surface area contributed by atoms with E-state index in [-0.39, 0.29) is 11.6 Å². The van der Waals surface area contributed by atoms with Crippen molar-refractivity contribution in [2.24, 2.45) is 0 Å². The average molecular weight is 302 g/mol. The molecule has 0 aromatic heterocycles. The molecule has 0 saturated carbocycles. The Morgan fingerprint density at radius 3 is 1.20 bits per heavy atom. The van der Waals surface area contributed by atoms with E-state index >= 15 is 0 Å². The average Bonchev–Trinajstić information content (AvgIpc) is 2.46. The molecule has 0 radical (unpaired) electrons. The molecule has 0 bridgehead atoms. The highest BCUT2D eigenvalue weighted by molar-refractivity contribution is 8.76. The zero-order valence-electron chi connectivity index (χ0n) is 11.3. The molecule has 0 aliphatic rings. The normalized spacial score (nSPS) is 10.3. The maximum absolute atomic E-state index is 11.2. The Labute approximate surface area is 126 Å². The molecule has 0 atom stereocenters. The second kappa shape index (κ2) is 6.77. The van der Waals surface area contributed by atoms with Gasteiger partial charge in [-0.15, -0.1) is 0 Å². The van der Waals surface area contributed by atoms with Crippen molar-refractivity contribution in [3.63, 3.8) is 0 Å². The van der Waals surface area contributed by atoms with Crippen LogP contribution >= 0.6 is 21.6 Å². The fourth-order valence-corrected chi connectivity index (χ4v) is 3.52. The van der Waals surface area contributed by atoms with E-state index in [0.717, 1.165) is 20.9 Å². The first-order chi connectivity index (χ1) is 9.56. The Kier molecular flexibility index (Phi) is 5.04. The minimum absolute atomic E-state index is 0.0778. The Hall–Kier alpha value is -1.52. The van der Waals surface area contributed by atoms with Gasteiger partial charge in [-0.1, -0.05) is 45.9 Å². The molecule has 2 aromatic rings. The van der Waals surface area contributed by atoms with E-state index in [2.05, 4.69) is 0 Å². The third kappa shape index (κ3) is 3.99. The summed E-state index contributed by atoms with van der Waals surface area (Å²) < 4.78 is 0. The molecule has 2 nitrogen and oxygen atoms in total. The summed E-state index contributed by atoms with van der Waals surface area (Å²) in [6.07, 6.45) is 0. The number of ketones is 2. The SMILES string of the molecule is CC(=O)c1ccc(SSc2ccc(C(C)=O)cc2)cc1. The minimum atomic E-state index is 0.0778. The monoisotopic (exact) mass is 302 g/mol. The molecule has 0 aliphatic heterocycles. The van der Waals surface area contributed by atoms with Crippen LogP contribution in [-0.2, 0) is 0 Å². The van der Waals surface area contributed by atoms with Gasteiger partial charge in [-0.25, -0.2) is 0 Å². The van der Waals surface area contributed by atoms with Crippen molar-refractivity contribution in [1.29, 1.82) is 0 Å². The van der Waals surface area contributed by atoms with E-state index in [4.69, 9.17) is 0 Å². The van der Waals surface area contributed by atoms with Gasteiger partial charge < -0.3 is 0 Å². The standard InChI is InChI=1S/C16H14O2S2/c1-11(17)13-3-7-15(8-4-13)19-20-16-9-5-14(6-10-16)12(2)18/h3-10H,1-2H3. The van der Waals surface area contributed by atoms with E-state index in [9.17, 15) is 9.59 Å². The minimum Gasteiger partial charge on any atom is -0.295 e. The van der Waals surface area contributed by atoms with Crippen LogP contribution in [0.3, 0.4) is 0 Å². The second-order valence-electron chi connectivity index (χ2n) is 4.33. The molecule has 0 unspecified atom stereocenters. The van der Waals surface area contributed by atoms with Crippen LogP contribution in [0.1, 0.15) is 34.6 Å². The summed E-state index contributed by atoms with van der Waals surface area (Å²) in [5, 5.41) is 0. The molecule has 0 saturated heterocycles. The number of benzene rings is 2. The predicted octanol–water partition coefficient (Wildman–Crippen LogP) is 4.89. The molecule has 0 N–H and O–H groups in total. The molecule has 0 spiro atoms. The molecule has 4 heteroatoms. The van der Waals surface area contributed by atoms with Gasteiger partial charge in [0.05, 0.1) is 0 Å². The fraction of sp³-hybridized carbons (Fsp3) is 0.125. The highest BCUT2D eigenvalue weighted by Gasteiger charge is 2.02. The third-order valence-electron chi connectivity index (χ3n) is 2.76. The molecule has 102 valence electrons. The van der Waals surface area contributed by atoms with E-state index < -0.39 is 0 Å². The van der Waals surface area contributed by atoms with Crippen molar-refractivity contribution < 1.29 is 9.59 Å². The number of hydrogen-bond donors (Lipinski definition) is 0. The lowest BCUT2D eigenvalue weighted by Crippen LogP contribution is -1.90. The van der Waals surface area contributed by atoms with E-state index in [0.29, 0.717) is 0 Å². The second-order valence-corrected chi connectivity index (χ2v) is 6.60. The molecule has 0 amide bonds. The van der Waals surface area contributed by atoms with Crippen molar-refractivity contribution in [2.45, 2.75) is 23.6 Å². The van der Waals surface area contributed by atoms with Gasteiger partial charge in [0, 0.05) is 20.9 Å². The highest BCUT2D eigenvalue weighted by Crippen LogP contribution is 2.37. The number of hydrogen-bond acceptors (Lipinski definition) is 4. The smallest absolute Gasteiger partial charge is 0.159 e. The molecule has 0 heterocycles. The topological polar surface area (TPSA) is 34.1 Å². The summed E-state index contributed by atoms with van der Waals surface area (Å²) in [7, 11) is 3.26. The third-order valence-corrected chi connectivity index (χ3v) is 5.17. The van der Waals surface area contributed by atoms with Crippen LogP contribution in [0.25, 0.3) is 0 Å². The van der Waals surface area contributed by atoms with Gasteiger partial charge in [-0.2, -0.15) is 0 Å². The van der Waals surface area contributed by atoms with Gasteiger partial charge in [-0.05, 0) is 38.1 Å². The Morgan fingerprint density at radius 1 is 0.650 bits per heavy atom. The summed E-state index contributed by atoms with van der Waals surface area (Å²) in [6.45, 7) is 3.13. The van der Waals surface area contributed by atoms with E-state index in [1.165, 1.54) is 0 Å². The molecular formula is C16H14O2S2. The largest absolute Gasteiger partial charge is 0.295 e. The van der Waals surface area contributed by atoms with Crippen molar-refractivity contribution in [2.75, 3.05) is 0 Å². The van der Waals surface area contributed by atoms with Crippen molar-refractivity contribution in [1.82, 2.24) is 0 Å². The van der Waals surface area contributed by atoms with Gasteiger partial charge in [0.2, 0.25) is 0 Å². The first-order valence-electron chi connectivity index (χ1n) is 6.13. The van der Waals surface area contributed by atoms with Gasteiger partial charge in [0.25, 0.3) is 0 Å². The molecule has 2 rings (SSSR count). The maximum Gasteiger partial charge on any atom is 0.159 e. The first-order valence-corrected chi connectivity index (χ1v) is 8.28. The van der Waals surface area contributed by atoms with Gasteiger partial charge in [0.1, 0.15) is 0 Å². The van der Waals surface area contributed by atoms with Crippen LogP contribution in [0.5, 0.6) is 0 Å². The summed E-state index contributed by atoms with van der Waals surface area (Å²) >= 11 is 0. The van der Waals surface area contributed by atoms with Crippen molar-refractivity contribution in [3.8, 4) is 0 Å². The van der Waals surface area contributed by atoms with Crippen molar-refractivity contribution in [3.05, 3.63) is 59.7 Å². The van der Waals surface area contributed by atoms with E-state index in [1.54, 1.807) is 35.4 Å². The molecule has 20 heavy (non-hydrogen) atoms. The first kappa shape index (κ1) is 14.9. The molecule has 0 aliphatic carbocycles. The van der Waals surface area contributed by atoms with Crippen molar-refractivity contribution >= 4 is 33.2 Å². The van der Waals surface area contributed by atoms with Gasteiger partial charge in [-0.3, -0.25) is 9.59 Å². The Morgan fingerprint density at radius 2 is 0.950 bits per heavy atom. The molecular weight excluding hydrogens is 288 g/mol. The van der Waals surface area contributed by atoms with Gasteiger partial charge in [0.15, 0.2) is 11.6 Å². The maximum atomic E-state index is 11.2. The predicted molar refractivity (Wildman–Crippen MR) is 84.6 cm³/mol. The van der Waals surface area contributed by atoms with Crippen LogP contribution in [-0.4, -0.2) is 11.6 Å². The number of Topliss-reactive ketones (excluding diaryl/α,β-unsaturated/α-hetero) is 2. The van der Waals surface area contributed by atoms with Crippen LogP contribution in [0.4, 0.5) is 0 Å². The summed E-state index contributed by atoms with van der Waals surface area (Å²) in [6, 6.07) is 15.1. The van der Waals surface area contributed by atoms with Gasteiger partial charge >= 0.3 is 0 Å². The number of carbonyl (C=O) groups is 2. The number of rotatable bonds is 5. The van der Waals surface area contributed by atoms with E-state index in [1.807, 2.05) is 48.5 Å². The number of carbonyl (C=O) groups excluding carboxylic acids is 2. The van der Waals surface area contributed by atoms with Crippen LogP contribution in [0, 0.1) is 0 Å². The summed E-state index contributed by atoms with van der Waals surface area (Å²) in [4.78, 5) is 24.6. The zero-order valence-corrected chi connectivity index (χ0v) is 12.9. The van der Waals surface area contributed by atoms with Crippen LogP contribution < -0.4 is 0 Å². The molecule has 0 fully saturated rings. The van der Waals surface area contributed by atoms with Crippen LogP contribution in [0.15, 0.2) is 58.3 Å². The lowest BCUT2D eigenvalue weighted by Gasteiger charge is -2.03. The lowest BCUT2D eigenvalue weighted by atomic mass is 10.2. The summed E-state index contributed by atoms with van der Waals surface area (Å²) in [5.74, 6) is 0.156. The lowest BCUT2D eigenvalue weighted by molar-refractivity contribution is 0.100. The Bertz CT molecular complexity index is 558. The quantitative estimate of drug-likeness (QED) is 0.581. The van der Waals surface area contributed by atoms with Crippen LogP contribution in [0.2, 0.25) is 0 Å². The molecule has 2 aromatic carbocycles. The Balaban J connectivity index is 1.97. The zero-order chi connectivity index (χ0) is 14.5. The highest BCUT2D eigenvalue weighted by atomic mass is 33.1.